The zero-order valence-electron chi connectivity index (χ0n) is 13.3. The van der Waals surface area contributed by atoms with E-state index in [-0.39, 0.29) is 5.91 Å². The van der Waals surface area contributed by atoms with Crippen molar-refractivity contribution in [3.63, 3.8) is 0 Å². The van der Waals surface area contributed by atoms with Crippen LogP contribution in [0.25, 0.3) is 6.08 Å². The highest BCUT2D eigenvalue weighted by atomic mass is 127. The lowest BCUT2D eigenvalue weighted by molar-refractivity contribution is -0.115. The Bertz CT molecular complexity index is 888. The Hall–Kier alpha value is -1.10. The molecule has 2 aromatic rings. The van der Waals surface area contributed by atoms with Gasteiger partial charge in [0.25, 0.3) is 5.91 Å². The smallest absolute Gasteiger partial charge is 0.263 e. The van der Waals surface area contributed by atoms with E-state index in [0.717, 1.165) is 19.4 Å². The molecule has 1 aliphatic heterocycles. The second kappa shape index (κ2) is 9.20. The Morgan fingerprint density at radius 3 is 2.58 bits per heavy atom. The fraction of sp³-hybridized carbons (Fsp3) is 0.111. The largest absolute Gasteiger partial charge is 0.489 e. The van der Waals surface area contributed by atoms with Crippen molar-refractivity contribution in [1.29, 1.82) is 0 Å². The lowest BCUT2D eigenvalue weighted by Crippen LogP contribution is -2.17. The van der Waals surface area contributed by atoms with Crippen molar-refractivity contribution in [2.75, 3.05) is 13.2 Å². The highest BCUT2D eigenvalue weighted by Gasteiger charge is 2.22. The van der Waals surface area contributed by atoms with Gasteiger partial charge in [-0.15, -0.1) is 0 Å². The Labute approximate surface area is 183 Å². The number of amides is 1. The Kier molecular flexibility index (Phi) is 6.96. The van der Waals surface area contributed by atoms with E-state index in [1.807, 2.05) is 42.5 Å². The second-order valence-corrected chi connectivity index (χ2v) is 8.96. The van der Waals surface area contributed by atoms with E-state index in [9.17, 15) is 4.79 Å². The van der Waals surface area contributed by atoms with E-state index < -0.39 is 0 Å². The Morgan fingerprint density at radius 2 is 1.88 bits per heavy atom. The molecule has 0 aliphatic carbocycles. The predicted molar refractivity (Wildman–Crippen MR) is 121 cm³/mol. The molecule has 0 saturated carbocycles. The summed E-state index contributed by atoms with van der Waals surface area (Å²) in [5.41, 5.74) is 0.802. The van der Waals surface area contributed by atoms with Gasteiger partial charge >= 0.3 is 0 Å². The summed E-state index contributed by atoms with van der Waals surface area (Å²) in [5.74, 6) is 1.33. The first-order chi connectivity index (χ1) is 12.5. The molecular weight excluding hydrogens is 549 g/mol. The van der Waals surface area contributed by atoms with E-state index in [1.165, 1.54) is 11.8 Å². The van der Waals surface area contributed by atoms with E-state index in [1.54, 1.807) is 6.08 Å². The molecule has 4 nitrogen and oxygen atoms in total. The number of carbonyl (C=O) groups excluding carboxylic acids is 1. The zero-order chi connectivity index (χ0) is 18.5. The average molecular weight is 562 g/mol. The normalized spacial score (nSPS) is 15.2. The number of para-hydroxylation sites is 1. The van der Waals surface area contributed by atoms with Crippen LogP contribution >= 0.6 is 62.5 Å². The SMILES string of the molecule is O=C1NC(=S)S/C1=C\c1cc(Br)ccc1OCCOc1ccccc1I. The summed E-state index contributed by atoms with van der Waals surface area (Å²) >= 11 is 12.0. The van der Waals surface area contributed by atoms with Gasteiger partial charge in [0.1, 0.15) is 29.0 Å². The number of hydrogen-bond donors (Lipinski definition) is 1. The molecule has 0 bridgehead atoms. The number of nitrogens with one attached hydrogen (secondary N) is 1. The van der Waals surface area contributed by atoms with Crippen LogP contribution in [-0.4, -0.2) is 23.4 Å². The number of thioether (sulfide) groups is 1. The molecule has 0 spiro atoms. The summed E-state index contributed by atoms with van der Waals surface area (Å²) in [5, 5.41) is 2.61. The van der Waals surface area contributed by atoms with Gasteiger partial charge in [-0.25, -0.2) is 0 Å². The van der Waals surface area contributed by atoms with Crippen LogP contribution < -0.4 is 14.8 Å². The molecule has 1 amide bonds. The van der Waals surface area contributed by atoms with Crippen LogP contribution in [0.5, 0.6) is 11.5 Å². The van der Waals surface area contributed by atoms with Crippen LogP contribution in [0.1, 0.15) is 5.56 Å². The molecule has 0 radical (unpaired) electrons. The number of ether oxygens (including phenoxy) is 2. The Balaban J connectivity index is 1.66. The van der Waals surface area contributed by atoms with Crippen molar-refractivity contribution < 1.29 is 14.3 Å². The van der Waals surface area contributed by atoms with Crippen LogP contribution in [-0.2, 0) is 4.79 Å². The second-order valence-electron chi connectivity index (χ2n) is 5.16. The van der Waals surface area contributed by atoms with Gasteiger partial charge in [-0.05, 0) is 59.0 Å². The zero-order valence-corrected chi connectivity index (χ0v) is 18.7. The number of rotatable bonds is 6. The maximum Gasteiger partial charge on any atom is 0.263 e. The topological polar surface area (TPSA) is 47.6 Å². The quantitative estimate of drug-likeness (QED) is 0.233. The van der Waals surface area contributed by atoms with Crippen LogP contribution in [0.4, 0.5) is 0 Å². The Morgan fingerprint density at radius 1 is 1.15 bits per heavy atom. The molecule has 1 N–H and O–H groups in total. The molecule has 8 heteroatoms. The molecule has 1 saturated heterocycles. The number of benzene rings is 2. The monoisotopic (exact) mass is 561 g/mol. The highest BCUT2D eigenvalue weighted by molar-refractivity contribution is 14.1. The van der Waals surface area contributed by atoms with Crippen molar-refractivity contribution in [3.8, 4) is 11.5 Å². The van der Waals surface area contributed by atoms with Crippen LogP contribution in [0.15, 0.2) is 51.8 Å². The fourth-order valence-corrected chi connectivity index (χ4v) is 4.15. The summed E-state index contributed by atoms with van der Waals surface area (Å²) in [6.45, 7) is 0.811. The van der Waals surface area contributed by atoms with Gasteiger partial charge in [0.15, 0.2) is 0 Å². The van der Waals surface area contributed by atoms with E-state index in [0.29, 0.717) is 28.2 Å². The maximum atomic E-state index is 11.9. The minimum absolute atomic E-state index is 0.187. The highest BCUT2D eigenvalue weighted by Crippen LogP contribution is 2.31. The first-order valence-corrected chi connectivity index (χ1v) is 10.7. The number of thiocarbonyl (C=S) groups is 1. The number of carbonyl (C=O) groups is 1. The molecule has 1 heterocycles. The van der Waals surface area contributed by atoms with Gasteiger partial charge in [-0.1, -0.05) is 52.0 Å². The first-order valence-electron chi connectivity index (χ1n) is 7.57. The summed E-state index contributed by atoms with van der Waals surface area (Å²) in [7, 11) is 0. The van der Waals surface area contributed by atoms with Gasteiger partial charge in [0.05, 0.1) is 8.48 Å². The molecule has 1 aliphatic rings. The van der Waals surface area contributed by atoms with Gasteiger partial charge in [-0.2, -0.15) is 0 Å². The average Bonchev–Trinajstić information content (AvgIpc) is 2.92. The van der Waals surface area contributed by atoms with Crippen molar-refractivity contribution in [2.24, 2.45) is 0 Å². The lowest BCUT2D eigenvalue weighted by atomic mass is 10.2. The van der Waals surface area contributed by atoms with Crippen molar-refractivity contribution in [3.05, 3.63) is 61.0 Å². The summed E-state index contributed by atoms with van der Waals surface area (Å²) < 4.78 is 14.0. The summed E-state index contributed by atoms with van der Waals surface area (Å²) in [6, 6.07) is 13.5. The minimum atomic E-state index is -0.187. The standard InChI is InChI=1S/C18H13BrINO3S2/c19-12-5-6-14(11(9-12)10-16-17(22)21-18(25)26-16)23-7-8-24-15-4-2-1-3-13(15)20/h1-6,9-10H,7-8H2,(H,21,22,25)/b16-10-. The maximum absolute atomic E-state index is 11.9. The van der Waals surface area contributed by atoms with Gasteiger partial charge in [0, 0.05) is 10.0 Å². The van der Waals surface area contributed by atoms with E-state index in [4.69, 9.17) is 21.7 Å². The fourth-order valence-electron chi connectivity index (χ4n) is 2.19. The van der Waals surface area contributed by atoms with Gasteiger partial charge < -0.3 is 14.8 Å². The summed E-state index contributed by atoms with van der Waals surface area (Å²) in [4.78, 5) is 12.4. The number of halogens is 2. The van der Waals surface area contributed by atoms with Gasteiger partial charge in [-0.3, -0.25) is 4.79 Å². The van der Waals surface area contributed by atoms with Crippen LogP contribution in [0, 0.1) is 3.57 Å². The van der Waals surface area contributed by atoms with Crippen LogP contribution in [0.3, 0.4) is 0 Å². The van der Waals surface area contributed by atoms with E-state index in [2.05, 4.69) is 43.8 Å². The molecule has 0 atom stereocenters. The van der Waals surface area contributed by atoms with Crippen LogP contribution in [0.2, 0.25) is 0 Å². The molecule has 3 rings (SSSR count). The van der Waals surface area contributed by atoms with Crippen molar-refractivity contribution in [1.82, 2.24) is 5.32 Å². The molecule has 26 heavy (non-hydrogen) atoms. The van der Waals surface area contributed by atoms with Crippen molar-refractivity contribution >= 4 is 78.8 Å². The minimum Gasteiger partial charge on any atom is -0.489 e. The molecule has 2 aromatic carbocycles. The molecule has 134 valence electrons. The lowest BCUT2D eigenvalue weighted by Gasteiger charge is -2.12. The molecular formula is C18H13BrINO3S2. The van der Waals surface area contributed by atoms with Crippen molar-refractivity contribution in [2.45, 2.75) is 0 Å². The molecule has 0 aromatic heterocycles. The summed E-state index contributed by atoms with van der Waals surface area (Å²) in [6.07, 6.45) is 1.78. The third-order valence-corrected chi connectivity index (χ3v) is 5.88. The third-order valence-electron chi connectivity index (χ3n) is 3.34. The predicted octanol–water partition coefficient (Wildman–Crippen LogP) is 5.00. The van der Waals surface area contributed by atoms with Gasteiger partial charge in [0.2, 0.25) is 0 Å². The third kappa shape index (κ3) is 5.21. The van der Waals surface area contributed by atoms with E-state index >= 15 is 0 Å². The molecule has 0 unspecified atom stereocenters. The number of hydrogen-bond acceptors (Lipinski definition) is 5. The molecule has 1 fully saturated rings. The first kappa shape index (κ1) is 19.7.